The summed E-state index contributed by atoms with van der Waals surface area (Å²) in [6.45, 7) is 2.53. The number of halogens is 1. The zero-order valence-corrected chi connectivity index (χ0v) is 15.2. The number of benzene rings is 3. The van der Waals surface area contributed by atoms with Crippen LogP contribution in [-0.4, -0.2) is 0 Å². The number of para-hydroxylation sites is 1. The maximum absolute atomic E-state index is 9.57. The highest BCUT2D eigenvalue weighted by atomic mass is 35.5. The Morgan fingerprint density at radius 2 is 1.69 bits per heavy atom. The standard InChI is InChI=1S/C23H18ClNO/c1-17-10-12-18(13-11-17)16-26-23-9-5-2-6-19(23)14-20(15-25)21-7-3-4-8-22(21)24/h2-14H,16H2,1H3. The van der Waals surface area contributed by atoms with Gasteiger partial charge in [0.1, 0.15) is 12.4 Å². The van der Waals surface area contributed by atoms with Crippen molar-refractivity contribution in [1.82, 2.24) is 0 Å². The van der Waals surface area contributed by atoms with Crippen molar-refractivity contribution >= 4 is 23.3 Å². The summed E-state index contributed by atoms with van der Waals surface area (Å²) in [4.78, 5) is 0. The third-order valence-electron chi connectivity index (χ3n) is 4.02. The van der Waals surface area contributed by atoms with E-state index in [2.05, 4.69) is 37.3 Å². The second kappa shape index (κ2) is 8.38. The van der Waals surface area contributed by atoms with Crippen LogP contribution >= 0.6 is 11.6 Å². The first-order chi connectivity index (χ1) is 12.7. The number of hydrogen-bond donors (Lipinski definition) is 0. The summed E-state index contributed by atoms with van der Waals surface area (Å²) < 4.78 is 5.99. The number of hydrogen-bond acceptors (Lipinski definition) is 2. The molecule has 0 aliphatic carbocycles. The molecular weight excluding hydrogens is 342 g/mol. The van der Waals surface area contributed by atoms with E-state index < -0.39 is 0 Å². The van der Waals surface area contributed by atoms with E-state index in [0.717, 1.165) is 16.9 Å². The average molecular weight is 360 g/mol. The fraction of sp³-hybridized carbons (Fsp3) is 0.0870. The highest BCUT2D eigenvalue weighted by Crippen LogP contribution is 2.28. The van der Waals surface area contributed by atoms with Crippen molar-refractivity contribution in [2.24, 2.45) is 0 Å². The molecule has 0 saturated carbocycles. The molecule has 0 bridgehead atoms. The minimum absolute atomic E-state index is 0.471. The third kappa shape index (κ3) is 4.33. The molecule has 3 aromatic rings. The van der Waals surface area contributed by atoms with Gasteiger partial charge < -0.3 is 4.74 Å². The van der Waals surface area contributed by atoms with Crippen LogP contribution in [0, 0.1) is 18.3 Å². The Kier molecular flexibility index (Phi) is 5.73. The predicted octanol–water partition coefficient (Wildman–Crippen LogP) is 6.29. The molecule has 0 fully saturated rings. The van der Waals surface area contributed by atoms with Gasteiger partial charge in [0, 0.05) is 16.1 Å². The molecule has 0 amide bonds. The molecule has 0 saturated heterocycles. The summed E-state index contributed by atoms with van der Waals surface area (Å²) in [5.74, 6) is 0.730. The van der Waals surface area contributed by atoms with Crippen LogP contribution in [0.4, 0.5) is 0 Å². The highest BCUT2D eigenvalue weighted by Gasteiger charge is 2.08. The largest absolute Gasteiger partial charge is 0.488 e. The number of rotatable bonds is 5. The Bertz CT molecular complexity index is 968. The van der Waals surface area contributed by atoms with Gasteiger partial charge in [-0.3, -0.25) is 0 Å². The lowest BCUT2D eigenvalue weighted by Crippen LogP contribution is -1.97. The smallest absolute Gasteiger partial charge is 0.127 e. The molecule has 0 N–H and O–H groups in total. The summed E-state index contributed by atoms with van der Waals surface area (Å²) >= 11 is 6.23. The maximum Gasteiger partial charge on any atom is 0.127 e. The number of nitrogens with zero attached hydrogens (tertiary/aromatic N) is 1. The molecule has 3 aromatic carbocycles. The third-order valence-corrected chi connectivity index (χ3v) is 4.35. The quantitative estimate of drug-likeness (QED) is 0.396. The lowest BCUT2D eigenvalue weighted by atomic mass is 10.0. The average Bonchev–Trinajstić information content (AvgIpc) is 2.67. The van der Waals surface area contributed by atoms with E-state index in [1.54, 1.807) is 6.07 Å². The lowest BCUT2D eigenvalue weighted by Gasteiger charge is -2.10. The molecule has 0 unspecified atom stereocenters. The van der Waals surface area contributed by atoms with E-state index in [0.29, 0.717) is 22.8 Å². The highest BCUT2D eigenvalue weighted by molar-refractivity contribution is 6.32. The van der Waals surface area contributed by atoms with Crippen molar-refractivity contribution < 1.29 is 4.74 Å². The Hall–Kier alpha value is -3.02. The van der Waals surface area contributed by atoms with Crippen molar-refractivity contribution in [2.45, 2.75) is 13.5 Å². The summed E-state index contributed by atoms with van der Waals surface area (Å²) in [5, 5.41) is 10.1. The SMILES string of the molecule is Cc1ccc(COc2ccccc2C=C(C#N)c2ccccc2Cl)cc1. The first-order valence-corrected chi connectivity index (χ1v) is 8.69. The van der Waals surface area contributed by atoms with Crippen LogP contribution in [0.2, 0.25) is 5.02 Å². The van der Waals surface area contributed by atoms with Crippen molar-refractivity contribution in [1.29, 1.82) is 5.26 Å². The van der Waals surface area contributed by atoms with E-state index in [9.17, 15) is 5.26 Å². The summed E-state index contributed by atoms with van der Waals surface area (Å²) in [6, 6.07) is 25.5. The van der Waals surface area contributed by atoms with Crippen LogP contribution in [-0.2, 0) is 6.61 Å². The fourth-order valence-electron chi connectivity index (χ4n) is 2.58. The number of ether oxygens (including phenoxy) is 1. The summed E-state index contributed by atoms with van der Waals surface area (Å²) in [5.41, 5.74) is 4.37. The van der Waals surface area contributed by atoms with Gasteiger partial charge in [-0.25, -0.2) is 0 Å². The van der Waals surface area contributed by atoms with Crippen molar-refractivity contribution in [3.8, 4) is 11.8 Å². The van der Waals surface area contributed by atoms with Gasteiger partial charge in [-0.2, -0.15) is 5.26 Å². The topological polar surface area (TPSA) is 33.0 Å². The number of allylic oxidation sites excluding steroid dienone is 1. The molecule has 2 nitrogen and oxygen atoms in total. The minimum atomic E-state index is 0.471. The van der Waals surface area contributed by atoms with E-state index in [1.165, 1.54) is 5.56 Å². The normalized spacial score (nSPS) is 11.0. The van der Waals surface area contributed by atoms with Crippen molar-refractivity contribution in [3.05, 3.63) is 100 Å². The van der Waals surface area contributed by atoms with Crippen molar-refractivity contribution in [2.75, 3.05) is 0 Å². The second-order valence-corrected chi connectivity index (χ2v) is 6.37. The van der Waals surface area contributed by atoms with Crippen LogP contribution in [0.5, 0.6) is 5.75 Å². The van der Waals surface area contributed by atoms with Gasteiger partial charge in [0.2, 0.25) is 0 Å². The maximum atomic E-state index is 9.57. The molecule has 0 heterocycles. The van der Waals surface area contributed by atoms with Gasteiger partial charge in [-0.05, 0) is 30.7 Å². The Morgan fingerprint density at radius 3 is 2.42 bits per heavy atom. The van der Waals surface area contributed by atoms with Gasteiger partial charge in [-0.15, -0.1) is 0 Å². The lowest BCUT2D eigenvalue weighted by molar-refractivity contribution is 0.305. The monoisotopic (exact) mass is 359 g/mol. The molecular formula is C23H18ClNO. The van der Waals surface area contributed by atoms with E-state index >= 15 is 0 Å². The first kappa shape index (κ1) is 17.8. The van der Waals surface area contributed by atoms with Crippen LogP contribution in [0.1, 0.15) is 22.3 Å². The number of aryl methyl sites for hydroxylation is 1. The van der Waals surface area contributed by atoms with Crippen LogP contribution in [0.3, 0.4) is 0 Å². The van der Waals surface area contributed by atoms with Crippen LogP contribution < -0.4 is 4.74 Å². The number of nitriles is 1. The zero-order valence-electron chi connectivity index (χ0n) is 14.4. The Morgan fingerprint density at radius 1 is 1.00 bits per heavy atom. The van der Waals surface area contributed by atoms with Gasteiger partial charge in [0.15, 0.2) is 0 Å². The Balaban J connectivity index is 1.87. The molecule has 26 heavy (non-hydrogen) atoms. The molecule has 0 atom stereocenters. The summed E-state index contributed by atoms with van der Waals surface area (Å²) in [6.07, 6.45) is 1.81. The molecule has 3 heteroatoms. The van der Waals surface area contributed by atoms with Gasteiger partial charge in [-0.1, -0.05) is 77.8 Å². The van der Waals surface area contributed by atoms with Crippen molar-refractivity contribution in [3.63, 3.8) is 0 Å². The predicted molar refractivity (Wildman–Crippen MR) is 107 cm³/mol. The summed E-state index contributed by atoms with van der Waals surface area (Å²) in [7, 11) is 0. The van der Waals surface area contributed by atoms with E-state index in [4.69, 9.17) is 16.3 Å². The van der Waals surface area contributed by atoms with E-state index in [-0.39, 0.29) is 0 Å². The molecule has 0 spiro atoms. The minimum Gasteiger partial charge on any atom is -0.488 e. The zero-order chi connectivity index (χ0) is 18.4. The van der Waals surface area contributed by atoms with Crippen LogP contribution in [0.25, 0.3) is 11.6 Å². The molecule has 0 aliphatic rings. The molecule has 0 radical (unpaired) electrons. The fourth-order valence-corrected chi connectivity index (χ4v) is 2.82. The van der Waals surface area contributed by atoms with Gasteiger partial charge in [0.25, 0.3) is 0 Å². The van der Waals surface area contributed by atoms with Crippen LogP contribution in [0.15, 0.2) is 72.8 Å². The first-order valence-electron chi connectivity index (χ1n) is 8.31. The van der Waals surface area contributed by atoms with Gasteiger partial charge >= 0.3 is 0 Å². The molecule has 128 valence electrons. The molecule has 0 aromatic heterocycles. The molecule has 3 rings (SSSR count). The van der Waals surface area contributed by atoms with E-state index in [1.807, 2.05) is 48.5 Å². The van der Waals surface area contributed by atoms with Gasteiger partial charge in [0.05, 0.1) is 11.6 Å². The molecule has 0 aliphatic heterocycles. The Labute approximate surface area is 158 Å². The second-order valence-electron chi connectivity index (χ2n) is 5.96.